The summed E-state index contributed by atoms with van der Waals surface area (Å²) in [7, 11) is 0. The zero-order valence-electron chi connectivity index (χ0n) is 12.8. The lowest BCUT2D eigenvalue weighted by Crippen LogP contribution is -2.49. The lowest BCUT2D eigenvalue weighted by atomic mass is 9.97. The van der Waals surface area contributed by atoms with Gasteiger partial charge in [-0.25, -0.2) is 0 Å². The van der Waals surface area contributed by atoms with Crippen molar-refractivity contribution in [2.75, 3.05) is 6.61 Å². The van der Waals surface area contributed by atoms with Crippen molar-refractivity contribution >= 4 is 23.4 Å². The average Bonchev–Trinajstić information content (AvgIpc) is 2.45. The first-order chi connectivity index (χ1) is 10.4. The molecule has 2 atom stereocenters. The highest BCUT2D eigenvalue weighted by Gasteiger charge is 2.29. The third kappa shape index (κ3) is 3.71. The van der Waals surface area contributed by atoms with Gasteiger partial charge in [-0.15, -0.1) is 0 Å². The number of nitrogens with zero attached hydrogens (tertiary/aromatic N) is 1. The van der Waals surface area contributed by atoms with Crippen molar-refractivity contribution in [1.29, 1.82) is 0 Å². The standard InChI is InChI=1S/C16H21ClN2O3/c1-10-4-3-5-11(2)19(10)15(20)9-22-14-7-6-12(17)8-13(14)16(18)21/h6-8,10-11H,3-5,9H2,1-2H3,(H2,18,21). The summed E-state index contributed by atoms with van der Waals surface area (Å²) < 4.78 is 5.51. The molecule has 0 aromatic heterocycles. The molecule has 0 aliphatic carbocycles. The Balaban J connectivity index is 2.06. The van der Waals surface area contributed by atoms with Crippen LogP contribution in [0.15, 0.2) is 18.2 Å². The number of primary amides is 1. The number of benzene rings is 1. The summed E-state index contributed by atoms with van der Waals surface area (Å²) in [6.45, 7) is 3.98. The summed E-state index contributed by atoms with van der Waals surface area (Å²) in [4.78, 5) is 25.7. The number of ether oxygens (including phenoxy) is 1. The third-order valence-electron chi connectivity index (χ3n) is 4.04. The van der Waals surface area contributed by atoms with Crippen molar-refractivity contribution in [2.45, 2.75) is 45.2 Å². The van der Waals surface area contributed by atoms with Crippen molar-refractivity contribution in [2.24, 2.45) is 5.73 Å². The minimum Gasteiger partial charge on any atom is -0.483 e. The van der Waals surface area contributed by atoms with Crippen molar-refractivity contribution in [3.8, 4) is 5.75 Å². The number of rotatable bonds is 4. The van der Waals surface area contributed by atoms with E-state index in [2.05, 4.69) is 0 Å². The predicted octanol–water partition coefficient (Wildman–Crippen LogP) is 2.61. The lowest BCUT2D eigenvalue weighted by Gasteiger charge is -2.39. The van der Waals surface area contributed by atoms with E-state index >= 15 is 0 Å². The molecule has 1 heterocycles. The maximum atomic E-state index is 12.4. The monoisotopic (exact) mass is 324 g/mol. The average molecular weight is 325 g/mol. The number of carbonyl (C=O) groups is 2. The Kier molecular flexibility index (Phi) is 5.29. The first-order valence-electron chi connectivity index (χ1n) is 7.43. The first kappa shape index (κ1) is 16.6. The van der Waals surface area contributed by atoms with Gasteiger partial charge in [-0.3, -0.25) is 9.59 Å². The molecule has 6 heteroatoms. The molecule has 5 nitrogen and oxygen atoms in total. The van der Waals surface area contributed by atoms with Gasteiger partial charge in [0, 0.05) is 17.1 Å². The molecule has 1 aromatic carbocycles. The molecule has 2 rings (SSSR count). The van der Waals surface area contributed by atoms with Crippen LogP contribution in [-0.2, 0) is 4.79 Å². The second-order valence-corrected chi connectivity index (χ2v) is 6.16. The number of carbonyl (C=O) groups excluding carboxylic acids is 2. The number of piperidine rings is 1. The van der Waals surface area contributed by atoms with E-state index in [-0.39, 0.29) is 35.9 Å². The smallest absolute Gasteiger partial charge is 0.260 e. The van der Waals surface area contributed by atoms with Crippen LogP contribution in [0.2, 0.25) is 5.02 Å². The normalized spacial score (nSPS) is 21.5. The second-order valence-electron chi connectivity index (χ2n) is 5.72. The molecule has 22 heavy (non-hydrogen) atoms. The van der Waals surface area contributed by atoms with Gasteiger partial charge in [0.25, 0.3) is 11.8 Å². The minimum atomic E-state index is -0.635. The van der Waals surface area contributed by atoms with E-state index in [0.29, 0.717) is 5.02 Å². The fraction of sp³-hybridized carbons (Fsp3) is 0.500. The Morgan fingerprint density at radius 3 is 2.55 bits per heavy atom. The van der Waals surface area contributed by atoms with Gasteiger partial charge in [-0.2, -0.15) is 0 Å². The van der Waals surface area contributed by atoms with Gasteiger partial charge in [0.05, 0.1) is 5.56 Å². The highest BCUT2D eigenvalue weighted by molar-refractivity contribution is 6.31. The Morgan fingerprint density at radius 1 is 1.32 bits per heavy atom. The highest BCUT2D eigenvalue weighted by atomic mass is 35.5. The van der Waals surface area contributed by atoms with Crippen molar-refractivity contribution in [3.63, 3.8) is 0 Å². The summed E-state index contributed by atoms with van der Waals surface area (Å²) in [6.07, 6.45) is 3.14. The number of halogens is 1. The fourth-order valence-corrected chi connectivity index (χ4v) is 3.12. The van der Waals surface area contributed by atoms with Crippen LogP contribution < -0.4 is 10.5 Å². The number of amides is 2. The fourth-order valence-electron chi connectivity index (χ4n) is 2.95. The maximum absolute atomic E-state index is 12.4. The summed E-state index contributed by atoms with van der Waals surface area (Å²) in [5.74, 6) is -0.433. The molecule has 1 aliphatic rings. The van der Waals surface area contributed by atoms with E-state index in [0.717, 1.165) is 19.3 Å². The number of likely N-dealkylation sites (tertiary alicyclic amines) is 1. The van der Waals surface area contributed by atoms with Crippen LogP contribution in [0.3, 0.4) is 0 Å². The molecule has 1 fully saturated rings. The Morgan fingerprint density at radius 2 is 1.95 bits per heavy atom. The van der Waals surface area contributed by atoms with E-state index in [9.17, 15) is 9.59 Å². The molecule has 120 valence electrons. The minimum absolute atomic E-state index is 0.0786. The zero-order valence-corrected chi connectivity index (χ0v) is 13.6. The van der Waals surface area contributed by atoms with Crippen molar-refractivity contribution < 1.29 is 14.3 Å². The Labute approximate surface area is 135 Å². The molecular weight excluding hydrogens is 304 g/mol. The van der Waals surface area contributed by atoms with Crippen LogP contribution in [0.4, 0.5) is 0 Å². The maximum Gasteiger partial charge on any atom is 0.260 e. The molecule has 0 spiro atoms. The molecular formula is C16H21ClN2O3. The van der Waals surface area contributed by atoms with Crippen LogP contribution in [0.1, 0.15) is 43.5 Å². The molecule has 1 saturated heterocycles. The first-order valence-corrected chi connectivity index (χ1v) is 7.81. The number of hydrogen-bond acceptors (Lipinski definition) is 3. The highest BCUT2D eigenvalue weighted by Crippen LogP contribution is 2.25. The van der Waals surface area contributed by atoms with Crippen molar-refractivity contribution in [1.82, 2.24) is 4.90 Å². The molecule has 2 N–H and O–H groups in total. The molecule has 0 saturated carbocycles. The van der Waals surface area contributed by atoms with E-state index in [4.69, 9.17) is 22.1 Å². The molecule has 1 aromatic rings. The van der Waals surface area contributed by atoms with E-state index in [1.54, 1.807) is 12.1 Å². The van der Waals surface area contributed by atoms with Crippen molar-refractivity contribution in [3.05, 3.63) is 28.8 Å². The topological polar surface area (TPSA) is 72.6 Å². The van der Waals surface area contributed by atoms with E-state index in [1.807, 2.05) is 18.7 Å². The quantitative estimate of drug-likeness (QED) is 0.925. The van der Waals surface area contributed by atoms with Gasteiger partial charge >= 0.3 is 0 Å². The van der Waals surface area contributed by atoms with Gasteiger partial charge in [0.1, 0.15) is 5.75 Å². The molecule has 0 radical (unpaired) electrons. The van der Waals surface area contributed by atoms with Gasteiger partial charge in [-0.1, -0.05) is 11.6 Å². The van der Waals surface area contributed by atoms with E-state index < -0.39 is 5.91 Å². The Hall–Kier alpha value is -1.75. The number of hydrogen-bond donors (Lipinski definition) is 1. The Bertz CT molecular complexity index is 567. The lowest BCUT2D eigenvalue weighted by molar-refractivity contribution is -0.139. The summed E-state index contributed by atoms with van der Waals surface area (Å²) in [5, 5.41) is 0.394. The van der Waals surface area contributed by atoms with Gasteiger partial charge in [0.15, 0.2) is 6.61 Å². The molecule has 2 amide bonds. The third-order valence-corrected chi connectivity index (χ3v) is 4.27. The largest absolute Gasteiger partial charge is 0.483 e. The summed E-state index contributed by atoms with van der Waals surface area (Å²) >= 11 is 5.85. The molecule has 2 unspecified atom stereocenters. The number of nitrogens with two attached hydrogens (primary N) is 1. The SMILES string of the molecule is CC1CCCC(C)N1C(=O)COc1ccc(Cl)cc1C(N)=O. The van der Waals surface area contributed by atoms with Crippen LogP contribution in [0, 0.1) is 0 Å². The summed E-state index contributed by atoms with van der Waals surface area (Å²) in [5.41, 5.74) is 5.48. The van der Waals surface area contributed by atoms with Gasteiger partial charge in [-0.05, 0) is 51.3 Å². The van der Waals surface area contributed by atoms with Crippen LogP contribution in [-0.4, -0.2) is 35.4 Å². The zero-order chi connectivity index (χ0) is 16.3. The summed E-state index contributed by atoms with van der Waals surface area (Å²) in [6, 6.07) is 5.01. The van der Waals surface area contributed by atoms with Gasteiger partial charge < -0.3 is 15.4 Å². The van der Waals surface area contributed by atoms with E-state index in [1.165, 1.54) is 6.07 Å². The van der Waals surface area contributed by atoms with Crippen LogP contribution >= 0.6 is 11.6 Å². The second kappa shape index (κ2) is 7.01. The van der Waals surface area contributed by atoms with Crippen LogP contribution in [0.25, 0.3) is 0 Å². The molecule has 1 aliphatic heterocycles. The van der Waals surface area contributed by atoms with Gasteiger partial charge in [0.2, 0.25) is 0 Å². The predicted molar refractivity (Wildman–Crippen MR) is 85.1 cm³/mol. The van der Waals surface area contributed by atoms with Crippen LogP contribution in [0.5, 0.6) is 5.75 Å². The molecule has 0 bridgehead atoms.